The van der Waals surface area contributed by atoms with Crippen molar-refractivity contribution < 1.29 is 9.90 Å². The number of rotatable bonds is 7. The lowest BCUT2D eigenvalue weighted by atomic mass is 10.0. The molecule has 0 aromatic rings. The minimum absolute atomic E-state index is 0.299. The Balaban J connectivity index is 2.06. The van der Waals surface area contributed by atoms with Gasteiger partial charge in [-0.05, 0) is 44.7 Å². The number of likely N-dealkylation sites (tertiary alicyclic amines) is 1. The van der Waals surface area contributed by atoms with E-state index in [1.807, 2.05) is 0 Å². The van der Waals surface area contributed by atoms with Gasteiger partial charge in [-0.3, -0.25) is 4.79 Å². The van der Waals surface area contributed by atoms with E-state index in [-0.39, 0.29) is 0 Å². The molecule has 0 saturated carbocycles. The zero-order chi connectivity index (χ0) is 11.8. The van der Waals surface area contributed by atoms with Crippen LogP contribution in [0.3, 0.4) is 0 Å². The number of carbonyl (C=O) groups is 1. The summed E-state index contributed by atoms with van der Waals surface area (Å²) in [6.07, 6.45) is 4.95. The molecule has 0 spiro atoms. The van der Waals surface area contributed by atoms with E-state index in [4.69, 9.17) is 10.4 Å². The Hall–Kier alpha value is -1.08. The van der Waals surface area contributed by atoms with Gasteiger partial charge in [0.2, 0.25) is 0 Å². The number of carboxylic acid groups (broad SMARTS) is 1. The second-order valence-corrected chi connectivity index (χ2v) is 4.50. The normalized spacial score (nSPS) is 20.8. The van der Waals surface area contributed by atoms with E-state index in [9.17, 15) is 4.79 Å². The van der Waals surface area contributed by atoms with Crippen molar-refractivity contribution in [3.05, 3.63) is 0 Å². The fraction of sp³-hybridized carbons (Fsp3) is 0.833. The maximum Gasteiger partial charge on any atom is 0.303 e. The molecule has 0 aromatic heterocycles. The molecule has 1 rings (SSSR count). The Labute approximate surface area is 96.9 Å². The minimum atomic E-state index is -0.688. The van der Waals surface area contributed by atoms with Crippen molar-refractivity contribution in [2.45, 2.75) is 38.5 Å². The highest BCUT2D eigenvalue weighted by molar-refractivity contribution is 5.66. The summed E-state index contributed by atoms with van der Waals surface area (Å²) in [6.45, 7) is 3.20. The average Bonchev–Trinajstić information content (AvgIpc) is 2.70. The summed E-state index contributed by atoms with van der Waals surface area (Å²) in [7, 11) is 0. The summed E-state index contributed by atoms with van der Waals surface area (Å²) in [5.41, 5.74) is 0. The summed E-state index contributed by atoms with van der Waals surface area (Å²) in [5, 5.41) is 17.0. The molecule has 4 nitrogen and oxygen atoms in total. The third-order valence-corrected chi connectivity index (χ3v) is 3.15. The van der Waals surface area contributed by atoms with Gasteiger partial charge in [0.1, 0.15) is 0 Å². The van der Waals surface area contributed by atoms with Gasteiger partial charge in [-0.1, -0.05) is 0 Å². The molecule has 0 aliphatic carbocycles. The second-order valence-electron chi connectivity index (χ2n) is 4.50. The number of hydrogen-bond acceptors (Lipinski definition) is 3. The summed E-state index contributed by atoms with van der Waals surface area (Å²) in [6, 6.07) is 2.15. The Morgan fingerprint density at radius 1 is 1.50 bits per heavy atom. The first-order valence-electron chi connectivity index (χ1n) is 6.03. The Bertz CT molecular complexity index is 260. The molecule has 90 valence electrons. The summed E-state index contributed by atoms with van der Waals surface area (Å²) < 4.78 is 0. The predicted octanol–water partition coefficient (Wildman–Crippen LogP) is 1.87. The molecule has 0 bridgehead atoms. The molecule has 1 N–H and O–H groups in total. The standard InChI is InChI=1S/C12H20N2O2/c13-7-2-1-3-8-14-9-6-11(10-14)4-5-12(15)16/h11H,1-6,8-10H2,(H,15,16). The molecule has 4 heteroatoms. The van der Waals surface area contributed by atoms with Gasteiger partial charge in [0.15, 0.2) is 0 Å². The van der Waals surface area contributed by atoms with E-state index in [0.29, 0.717) is 18.8 Å². The van der Waals surface area contributed by atoms with Crippen LogP contribution in [0.2, 0.25) is 0 Å². The quantitative estimate of drug-likeness (QED) is 0.670. The SMILES string of the molecule is N#CCCCCN1CCC(CCC(=O)O)C1. The third kappa shape index (κ3) is 5.13. The number of unbranched alkanes of at least 4 members (excludes halogenated alkanes) is 2. The Morgan fingerprint density at radius 2 is 2.31 bits per heavy atom. The highest BCUT2D eigenvalue weighted by atomic mass is 16.4. The summed E-state index contributed by atoms with van der Waals surface area (Å²) in [4.78, 5) is 12.8. The number of nitriles is 1. The molecule has 1 saturated heterocycles. The first-order chi connectivity index (χ1) is 7.72. The molecule has 0 aromatic carbocycles. The lowest BCUT2D eigenvalue weighted by Crippen LogP contribution is -2.22. The zero-order valence-corrected chi connectivity index (χ0v) is 9.69. The maximum atomic E-state index is 10.4. The average molecular weight is 224 g/mol. The monoisotopic (exact) mass is 224 g/mol. The van der Waals surface area contributed by atoms with E-state index in [2.05, 4.69) is 11.0 Å². The summed E-state index contributed by atoms with van der Waals surface area (Å²) in [5.74, 6) is -0.125. The smallest absolute Gasteiger partial charge is 0.303 e. The lowest BCUT2D eigenvalue weighted by Gasteiger charge is -2.15. The predicted molar refractivity (Wildman–Crippen MR) is 60.9 cm³/mol. The highest BCUT2D eigenvalue weighted by Gasteiger charge is 2.22. The molecule has 1 atom stereocenters. The van der Waals surface area contributed by atoms with Crippen molar-refractivity contribution in [2.75, 3.05) is 19.6 Å². The zero-order valence-electron chi connectivity index (χ0n) is 9.69. The van der Waals surface area contributed by atoms with E-state index in [1.54, 1.807) is 0 Å². The molecular weight excluding hydrogens is 204 g/mol. The van der Waals surface area contributed by atoms with Crippen LogP contribution in [0.4, 0.5) is 0 Å². The lowest BCUT2D eigenvalue weighted by molar-refractivity contribution is -0.137. The fourth-order valence-electron chi connectivity index (χ4n) is 2.22. The van der Waals surface area contributed by atoms with Gasteiger partial charge >= 0.3 is 5.97 Å². The first-order valence-corrected chi connectivity index (χ1v) is 6.03. The largest absolute Gasteiger partial charge is 0.481 e. The second kappa shape index (κ2) is 7.24. The van der Waals surface area contributed by atoms with Crippen LogP contribution in [0.15, 0.2) is 0 Å². The molecule has 0 radical (unpaired) electrons. The topological polar surface area (TPSA) is 64.3 Å². The Morgan fingerprint density at radius 3 is 3.00 bits per heavy atom. The third-order valence-electron chi connectivity index (χ3n) is 3.15. The number of carboxylic acids is 1. The van der Waals surface area contributed by atoms with E-state index in [0.717, 1.165) is 45.3 Å². The van der Waals surface area contributed by atoms with Gasteiger partial charge in [0, 0.05) is 19.4 Å². The van der Waals surface area contributed by atoms with Crippen LogP contribution in [0, 0.1) is 17.2 Å². The molecule has 1 heterocycles. The number of aliphatic carboxylic acids is 1. The fourth-order valence-corrected chi connectivity index (χ4v) is 2.22. The molecule has 16 heavy (non-hydrogen) atoms. The van der Waals surface area contributed by atoms with Crippen LogP contribution >= 0.6 is 0 Å². The van der Waals surface area contributed by atoms with Crippen LogP contribution in [-0.4, -0.2) is 35.6 Å². The molecule has 0 amide bonds. The molecule has 1 unspecified atom stereocenters. The Kier molecular flexibility index (Phi) is 5.87. The summed E-state index contributed by atoms with van der Waals surface area (Å²) >= 11 is 0. The van der Waals surface area contributed by atoms with Crippen molar-refractivity contribution in [1.82, 2.24) is 4.90 Å². The van der Waals surface area contributed by atoms with Crippen molar-refractivity contribution in [2.24, 2.45) is 5.92 Å². The van der Waals surface area contributed by atoms with Gasteiger partial charge < -0.3 is 10.0 Å². The number of hydrogen-bond donors (Lipinski definition) is 1. The van der Waals surface area contributed by atoms with E-state index >= 15 is 0 Å². The first kappa shape index (κ1) is 13.0. The number of nitrogens with zero attached hydrogens (tertiary/aromatic N) is 2. The van der Waals surface area contributed by atoms with Crippen molar-refractivity contribution >= 4 is 5.97 Å². The van der Waals surface area contributed by atoms with Gasteiger partial charge in [-0.15, -0.1) is 0 Å². The molecular formula is C12H20N2O2. The van der Waals surface area contributed by atoms with Gasteiger partial charge in [0.05, 0.1) is 6.07 Å². The van der Waals surface area contributed by atoms with Crippen molar-refractivity contribution in [3.8, 4) is 6.07 Å². The van der Waals surface area contributed by atoms with Crippen molar-refractivity contribution in [3.63, 3.8) is 0 Å². The van der Waals surface area contributed by atoms with E-state index in [1.165, 1.54) is 0 Å². The molecule has 1 fully saturated rings. The van der Waals surface area contributed by atoms with Crippen molar-refractivity contribution in [1.29, 1.82) is 5.26 Å². The van der Waals surface area contributed by atoms with Crippen LogP contribution in [-0.2, 0) is 4.79 Å². The highest BCUT2D eigenvalue weighted by Crippen LogP contribution is 2.21. The van der Waals surface area contributed by atoms with Gasteiger partial charge in [-0.25, -0.2) is 0 Å². The van der Waals surface area contributed by atoms with Gasteiger partial charge in [-0.2, -0.15) is 5.26 Å². The van der Waals surface area contributed by atoms with Crippen LogP contribution in [0.5, 0.6) is 0 Å². The minimum Gasteiger partial charge on any atom is -0.481 e. The van der Waals surface area contributed by atoms with Crippen LogP contribution < -0.4 is 0 Å². The van der Waals surface area contributed by atoms with Crippen LogP contribution in [0.1, 0.15) is 38.5 Å². The maximum absolute atomic E-state index is 10.4. The van der Waals surface area contributed by atoms with E-state index < -0.39 is 5.97 Å². The van der Waals surface area contributed by atoms with Gasteiger partial charge in [0.25, 0.3) is 0 Å². The molecule has 1 aliphatic heterocycles. The molecule has 1 aliphatic rings. The van der Waals surface area contributed by atoms with Crippen LogP contribution in [0.25, 0.3) is 0 Å².